The molecule has 1 aromatic heterocycles. The van der Waals surface area contributed by atoms with Crippen LogP contribution in [0.2, 0.25) is 0 Å². The van der Waals surface area contributed by atoms with Crippen molar-refractivity contribution in [1.29, 1.82) is 0 Å². The third kappa shape index (κ3) is 3.50. The molecular weight excluding hydrogens is 228 g/mol. The average Bonchev–Trinajstić information content (AvgIpc) is 2.76. The normalized spacial score (nSPS) is 20.0. The molecule has 0 spiro atoms. The maximum absolute atomic E-state index is 11.0. The Bertz CT molecular complexity index is 421. The number of carbonyl (C=O) groups excluding carboxylic acids is 1. The third-order valence-electron chi connectivity index (χ3n) is 3.14. The predicted molar refractivity (Wildman–Crippen MR) is 68.9 cm³/mol. The van der Waals surface area contributed by atoms with Gasteiger partial charge in [0.1, 0.15) is 5.82 Å². The van der Waals surface area contributed by atoms with Crippen molar-refractivity contribution in [1.82, 2.24) is 20.2 Å². The summed E-state index contributed by atoms with van der Waals surface area (Å²) in [5.74, 6) is 0.947. The van der Waals surface area contributed by atoms with Crippen LogP contribution in [-0.4, -0.2) is 39.9 Å². The molecule has 5 nitrogen and oxygen atoms in total. The topological polar surface area (TPSA) is 58.1 Å². The first-order chi connectivity index (χ1) is 8.67. The lowest BCUT2D eigenvalue weighted by Crippen LogP contribution is -2.35. The highest BCUT2D eigenvalue weighted by Gasteiger charge is 2.23. The van der Waals surface area contributed by atoms with Gasteiger partial charge in [-0.2, -0.15) is 0 Å². The third-order valence-corrected chi connectivity index (χ3v) is 3.14. The number of carbonyl (C=O) groups is 1. The quantitative estimate of drug-likeness (QED) is 0.854. The molecule has 1 aliphatic heterocycles. The first-order valence-electron chi connectivity index (χ1n) is 6.47. The van der Waals surface area contributed by atoms with E-state index in [1.54, 1.807) is 6.92 Å². The molecule has 1 aliphatic rings. The molecule has 2 heterocycles. The van der Waals surface area contributed by atoms with Gasteiger partial charge in [0.25, 0.3) is 0 Å². The summed E-state index contributed by atoms with van der Waals surface area (Å²) in [6.45, 7) is 6.38. The highest BCUT2D eigenvalue weighted by molar-refractivity contribution is 5.73. The summed E-state index contributed by atoms with van der Waals surface area (Å²) in [6, 6.07) is 2.25. The smallest absolute Gasteiger partial charge is 0.217 e. The van der Waals surface area contributed by atoms with Gasteiger partial charge in [0.15, 0.2) is 0 Å². The fourth-order valence-electron chi connectivity index (χ4n) is 2.31. The second-order valence-electron chi connectivity index (χ2n) is 4.74. The SMILES string of the molecule is CCc1nccc(CN2CC[C@H](NC(C)=O)C2)n1. The number of hydrogen-bond acceptors (Lipinski definition) is 4. The summed E-state index contributed by atoms with van der Waals surface area (Å²) in [7, 11) is 0. The number of aryl methyl sites for hydroxylation is 1. The van der Waals surface area contributed by atoms with Gasteiger partial charge in [0.05, 0.1) is 5.69 Å². The van der Waals surface area contributed by atoms with Crippen LogP contribution in [0.25, 0.3) is 0 Å². The number of hydrogen-bond donors (Lipinski definition) is 1. The molecule has 2 rings (SSSR count). The van der Waals surface area contributed by atoms with Crippen molar-refractivity contribution in [2.24, 2.45) is 0 Å². The second-order valence-corrected chi connectivity index (χ2v) is 4.74. The van der Waals surface area contributed by atoms with E-state index < -0.39 is 0 Å². The molecule has 18 heavy (non-hydrogen) atoms. The zero-order chi connectivity index (χ0) is 13.0. The van der Waals surface area contributed by atoms with Crippen molar-refractivity contribution in [2.45, 2.75) is 39.3 Å². The molecule has 1 saturated heterocycles. The van der Waals surface area contributed by atoms with Crippen LogP contribution in [0.1, 0.15) is 31.8 Å². The Hall–Kier alpha value is -1.49. The molecule has 1 N–H and O–H groups in total. The van der Waals surface area contributed by atoms with Crippen molar-refractivity contribution < 1.29 is 4.79 Å². The Balaban J connectivity index is 1.88. The van der Waals surface area contributed by atoms with E-state index in [2.05, 4.69) is 27.1 Å². The molecule has 0 radical (unpaired) electrons. The lowest BCUT2D eigenvalue weighted by molar-refractivity contribution is -0.119. The van der Waals surface area contributed by atoms with E-state index in [9.17, 15) is 4.79 Å². The van der Waals surface area contributed by atoms with Gasteiger partial charge in [-0.05, 0) is 12.5 Å². The van der Waals surface area contributed by atoms with Gasteiger partial charge in [-0.25, -0.2) is 9.97 Å². The Morgan fingerprint density at radius 3 is 3.17 bits per heavy atom. The largest absolute Gasteiger partial charge is 0.352 e. The minimum absolute atomic E-state index is 0.0529. The van der Waals surface area contributed by atoms with Gasteiger partial charge < -0.3 is 5.32 Å². The summed E-state index contributed by atoms with van der Waals surface area (Å²) >= 11 is 0. The van der Waals surface area contributed by atoms with Crippen LogP contribution >= 0.6 is 0 Å². The molecule has 1 fully saturated rings. The Morgan fingerprint density at radius 2 is 2.44 bits per heavy atom. The van der Waals surface area contributed by atoms with E-state index in [4.69, 9.17) is 0 Å². The molecule has 5 heteroatoms. The number of nitrogens with one attached hydrogen (secondary N) is 1. The van der Waals surface area contributed by atoms with Gasteiger partial charge >= 0.3 is 0 Å². The van der Waals surface area contributed by atoms with E-state index in [1.165, 1.54) is 0 Å². The van der Waals surface area contributed by atoms with Gasteiger partial charge in [0, 0.05) is 45.2 Å². The van der Waals surface area contributed by atoms with Gasteiger partial charge in [-0.15, -0.1) is 0 Å². The first kappa shape index (κ1) is 13.0. The van der Waals surface area contributed by atoms with Crippen molar-refractivity contribution in [3.63, 3.8) is 0 Å². The number of aromatic nitrogens is 2. The standard InChI is InChI=1S/C13H20N4O/c1-3-13-14-6-4-11(16-13)8-17-7-5-12(9-17)15-10(2)18/h4,6,12H,3,5,7-9H2,1-2H3,(H,15,18)/t12-/m0/s1. The molecular formula is C13H20N4O. The van der Waals surface area contributed by atoms with Crippen LogP contribution in [0, 0.1) is 0 Å². The Labute approximate surface area is 108 Å². The average molecular weight is 248 g/mol. The zero-order valence-electron chi connectivity index (χ0n) is 11.0. The second kappa shape index (κ2) is 5.91. The number of nitrogens with zero attached hydrogens (tertiary/aromatic N) is 3. The maximum atomic E-state index is 11.0. The zero-order valence-corrected chi connectivity index (χ0v) is 11.0. The number of amides is 1. The predicted octanol–water partition coefficient (Wildman–Crippen LogP) is 0.749. The number of rotatable bonds is 4. The van der Waals surface area contributed by atoms with Crippen LogP contribution in [0.15, 0.2) is 12.3 Å². The Kier molecular flexibility index (Phi) is 4.25. The van der Waals surface area contributed by atoms with Crippen molar-refractivity contribution in [3.8, 4) is 0 Å². The van der Waals surface area contributed by atoms with Crippen LogP contribution in [-0.2, 0) is 17.8 Å². The number of likely N-dealkylation sites (tertiary alicyclic amines) is 1. The summed E-state index contributed by atoms with van der Waals surface area (Å²) in [4.78, 5) is 22.0. The molecule has 1 amide bonds. The van der Waals surface area contributed by atoms with Crippen molar-refractivity contribution >= 4 is 5.91 Å². The van der Waals surface area contributed by atoms with Gasteiger partial charge in [-0.1, -0.05) is 6.92 Å². The van der Waals surface area contributed by atoms with E-state index in [0.29, 0.717) is 0 Å². The maximum Gasteiger partial charge on any atom is 0.217 e. The lowest BCUT2D eigenvalue weighted by Gasteiger charge is -2.16. The minimum Gasteiger partial charge on any atom is -0.352 e. The molecule has 1 aromatic rings. The first-order valence-corrected chi connectivity index (χ1v) is 6.47. The van der Waals surface area contributed by atoms with Crippen LogP contribution in [0.5, 0.6) is 0 Å². The Morgan fingerprint density at radius 1 is 1.61 bits per heavy atom. The molecule has 0 bridgehead atoms. The van der Waals surface area contributed by atoms with Crippen molar-refractivity contribution in [3.05, 3.63) is 23.8 Å². The van der Waals surface area contributed by atoms with Crippen molar-refractivity contribution in [2.75, 3.05) is 13.1 Å². The lowest BCUT2D eigenvalue weighted by atomic mass is 10.2. The molecule has 0 saturated carbocycles. The fourth-order valence-corrected chi connectivity index (χ4v) is 2.31. The van der Waals surface area contributed by atoms with Gasteiger partial charge in [0.2, 0.25) is 5.91 Å². The van der Waals surface area contributed by atoms with Crippen LogP contribution in [0.3, 0.4) is 0 Å². The van der Waals surface area contributed by atoms with E-state index in [1.807, 2.05) is 12.3 Å². The molecule has 0 unspecified atom stereocenters. The van der Waals surface area contributed by atoms with E-state index in [0.717, 1.165) is 44.0 Å². The van der Waals surface area contributed by atoms with Gasteiger partial charge in [-0.3, -0.25) is 9.69 Å². The molecule has 0 aromatic carbocycles. The molecule has 0 aliphatic carbocycles. The monoisotopic (exact) mass is 248 g/mol. The van der Waals surface area contributed by atoms with Crippen LogP contribution in [0.4, 0.5) is 0 Å². The minimum atomic E-state index is 0.0529. The summed E-state index contributed by atoms with van der Waals surface area (Å²) in [6.07, 6.45) is 3.70. The van der Waals surface area contributed by atoms with Crippen LogP contribution < -0.4 is 5.32 Å². The molecule has 1 atom stereocenters. The summed E-state index contributed by atoms with van der Waals surface area (Å²) in [5.41, 5.74) is 1.06. The van der Waals surface area contributed by atoms with E-state index in [-0.39, 0.29) is 11.9 Å². The highest BCUT2D eigenvalue weighted by Crippen LogP contribution is 2.12. The van der Waals surface area contributed by atoms with E-state index >= 15 is 0 Å². The molecule has 98 valence electrons. The summed E-state index contributed by atoms with van der Waals surface area (Å²) < 4.78 is 0. The summed E-state index contributed by atoms with van der Waals surface area (Å²) in [5, 5.41) is 2.97. The fraction of sp³-hybridized carbons (Fsp3) is 0.615. The highest BCUT2D eigenvalue weighted by atomic mass is 16.1.